The minimum Gasteiger partial charge on any atom is -0.308 e. The lowest BCUT2D eigenvalue weighted by atomic mass is 9.81. The lowest BCUT2D eigenvalue weighted by Crippen LogP contribution is -2.18. The number of hydrogen-bond donors (Lipinski definition) is 0. The summed E-state index contributed by atoms with van der Waals surface area (Å²) in [6.07, 6.45) is 0. The number of anilines is 6. The normalized spacial score (nSPS) is 12.7. The smallest absolute Gasteiger partial charge is 0.148 e. The van der Waals surface area contributed by atoms with Gasteiger partial charge in [0.05, 0.1) is 21.8 Å². The Hall–Kier alpha value is -7.79. The first kappa shape index (κ1) is 38.9. The summed E-state index contributed by atoms with van der Waals surface area (Å²) in [5.74, 6) is -0.289. The van der Waals surface area contributed by atoms with E-state index in [-0.39, 0.29) is 5.82 Å². The highest BCUT2D eigenvalue weighted by molar-refractivity contribution is 7.26. The number of halogens is 1. The van der Waals surface area contributed by atoms with Crippen LogP contribution in [0.25, 0.3) is 64.3 Å². The van der Waals surface area contributed by atoms with Crippen LogP contribution in [-0.4, -0.2) is 0 Å². The van der Waals surface area contributed by atoms with Gasteiger partial charge >= 0.3 is 0 Å². The molecule has 1 aromatic heterocycles. The van der Waals surface area contributed by atoms with Crippen molar-refractivity contribution < 1.29 is 4.39 Å². The maximum absolute atomic E-state index is 17.4. The lowest BCUT2D eigenvalue weighted by Gasteiger charge is -2.31. The topological polar surface area (TPSA) is 6.48 Å². The summed E-state index contributed by atoms with van der Waals surface area (Å²) < 4.78 is 20.0. The van der Waals surface area contributed by atoms with Crippen LogP contribution in [0.1, 0.15) is 25.0 Å². The van der Waals surface area contributed by atoms with Crippen LogP contribution in [-0.2, 0) is 5.41 Å². The fourth-order valence-electron chi connectivity index (χ4n) is 10.2. The minimum atomic E-state index is -0.411. The summed E-state index contributed by atoms with van der Waals surface area (Å²) in [6, 6.07) is 78.6. The Labute approximate surface area is 382 Å². The second kappa shape index (κ2) is 15.5. The largest absolute Gasteiger partial charge is 0.308 e. The molecule has 0 fully saturated rings. The Morgan fingerprint density at radius 2 is 0.985 bits per heavy atom. The molecule has 0 aliphatic heterocycles. The number of nitrogens with zero attached hydrogens (tertiary/aromatic N) is 2. The van der Waals surface area contributed by atoms with Gasteiger partial charge in [-0.2, -0.15) is 0 Å². The predicted octanol–water partition coefficient (Wildman–Crippen LogP) is 17.9. The molecule has 0 saturated carbocycles. The molecule has 0 atom stereocenters. The highest BCUT2D eigenvalue weighted by Gasteiger charge is 2.39. The molecule has 0 amide bonds. The van der Waals surface area contributed by atoms with E-state index in [1.54, 1.807) is 6.07 Å². The average molecular weight is 855 g/mol. The molecule has 1 aliphatic rings. The quantitative estimate of drug-likeness (QED) is 0.150. The van der Waals surface area contributed by atoms with E-state index in [0.29, 0.717) is 5.69 Å². The van der Waals surface area contributed by atoms with Crippen LogP contribution >= 0.6 is 11.3 Å². The van der Waals surface area contributed by atoms with Gasteiger partial charge in [-0.25, -0.2) is 4.39 Å². The first-order chi connectivity index (χ1) is 31.9. The van der Waals surface area contributed by atoms with Gasteiger partial charge in [0.15, 0.2) is 0 Å². The Kier molecular flexibility index (Phi) is 9.25. The molecule has 0 radical (unpaired) electrons. The lowest BCUT2D eigenvalue weighted by molar-refractivity contribution is 0.629. The standard InChI is InChI=1S/C61H43FN2S/c1-61(2)52-38-45(63(43-24-11-5-12-25-43)59-51(41-22-9-4-10-23-41)36-42(37-54(59)62)40-20-7-3-8-21-40)34-35-50(52)58-48-30-16-15-28-46(48)56(39-53(58)61)64(44-26-13-6-14-27-44)55-32-19-31-49-47-29-17-18-33-57(47)65-60(49)55/h3-39H,1-2H3. The maximum atomic E-state index is 17.4. The van der Waals surface area contributed by atoms with Gasteiger partial charge in [-0.1, -0.05) is 172 Å². The molecule has 310 valence electrons. The Bertz CT molecular complexity index is 3580. The van der Waals surface area contributed by atoms with Gasteiger partial charge in [-0.3, -0.25) is 0 Å². The van der Waals surface area contributed by atoms with Gasteiger partial charge in [-0.05, 0) is 111 Å². The van der Waals surface area contributed by atoms with Crippen molar-refractivity contribution >= 4 is 76.4 Å². The van der Waals surface area contributed by atoms with E-state index in [0.717, 1.165) is 50.7 Å². The first-order valence-electron chi connectivity index (χ1n) is 22.2. The molecule has 12 rings (SSSR count). The SMILES string of the molecule is CC1(C)c2cc(N(c3ccccc3)c3c(F)cc(-c4ccccc4)cc3-c3ccccc3)ccc2-c2c1cc(N(c1ccccc1)c1cccc3c1sc1ccccc13)c1ccccc21. The molecule has 1 aliphatic carbocycles. The number of fused-ring (bicyclic) bond motifs is 8. The second-order valence-corrected chi connectivity index (χ2v) is 18.5. The van der Waals surface area contributed by atoms with Crippen molar-refractivity contribution in [3.05, 3.63) is 241 Å². The van der Waals surface area contributed by atoms with Crippen LogP contribution in [0.4, 0.5) is 38.5 Å². The fourth-order valence-corrected chi connectivity index (χ4v) is 11.4. The Balaban J connectivity index is 1.07. The molecule has 10 aromatic carbocycles. The van der Waals surface area contributed by atoms with Crippen LogP contribution in [0.15, 0.2) is 224 Å². The van der Waals surface area contributed by atoms with Crippen LogP contribution < -0.4 is 9.80 Å². The van der Waals surface area contributed by atoms with E-state index in [1.165, 1.54) is 53.2 Å². The predicted molar refractivity (Wildman–Crippen MR) is 275 cm³/mol. The van der Waals surface area contributed by atoms with E-state index in [1.807, 2.05) is 78.1 Å². The number of rotatable bonds is 8. The van der Waals surface area contributed by atoms with Gasteiger partial charge in [0.2, 0.25) is 0 Å². The molecule has 2 nitrogen and oxygen atoms in total. The van der Waals surface area contributed by atoms with Gasteiger partial charge in [0.25, 0.3) is 0 Å². The number of hydrogen-bond acceptors (Lipinski definition) is 3. The number of benzene rings is 10. The van der Waals surface area contributed by atoms with Crippen LogP contribution in [0.2, 0.25) is 0 Å². The van der Waals surface area contributed by atoms with E-state index < -0.39 is 5.41 Å². The van der Waals surface area contributed by atoms with Crippen molar-refractivity contribution in [3.63, 3.8) is 0 Å². The summed E-state index contributed by atoms with van der Waals surface area (Å²) in [6.45, 7) is 4.69. The van der Waals surface area contributed by atoms with Crippen molar-refractivity contribution in [3.8, 4) is 33.4 Å². The van der Waals surface area contributed by atoms with Gasteiger partial charge < -0.3 is 9.80 Å². The molecule has 0 bridgehead atoms. The van der Waals surface area contributed by atoms with E-state index in [2.05, 4.69) is 175 Å². The Morgan fingerprint density at radius 1 is 0.400 bits per heavy atom. The highest BCUT2D eigenvalue weighted by atomic mass is 32.1. The molecule has 11 aromatic rings. The Morgan fingerprint density at radius 3 is 1.69 bits per heavy atom. The summed E-state index contributed by atoms with van der Waals surface area (Å²) in [5, 5.41) is 4.93. The van der Waals surface area contributed by atoms with Gasteiger partial charge in [0, 0.05) is 48.9 Å². The molecule has 0 unspecified atom stereocenters. The average Bonchev–Trinajstić information content (AvgIpc) is 3.85. The highest BCUT2D eigenvalue weighted by Crippen LogP contribution is 2.57. The van der Waals surface area contributed by atoms with Gasteiger partial charge in [-0.15, -0.1) is 11.3 Å². The molecule has 0 spiro atoms. The third-order valence-electron chi connectivity index (χ3n) is 13.3. The fraction of sp³-hybridized carbons (Fsp3) is 0.0492. The minimum absolute atomic E-state index is 0.289. The number of thiophene rings is 1. The van der Waals surface area contributed by atoms with Crippen molar-refractivity contribution in [2.75, 3.05) is 9.80 Å². The van der Waals surface area contributed by atoms with Crippen molar-refractivity contribution in [1.29, 1.82) is 0 Å². The third kappa shape index (κ3) is 6.36. The first-order valence-corrected chi connectivity index (χ1v) is 23.0. The van der Waals surface area contributed by atoms with E-state index in [9.17, 15) is 0 Å². The van der Waals surface area contributed by atoms with E-state index in [4.69, 9.17) is 0 Å². The summed E-state index contributed by atoms with van der Waals surface area (Å²) >= 11 is 1.85. The van der Waals surface area contributed by atoms with E-state index >= 15 is 4.39 Å². The molecule has 0 saturated heterocycles. The zero-order valence-electron chi connectivity index (χ0n) is 36.0. The van der Waals surface area contributed by atoms with Crippen LogP contribution in [0.3, 0.4) is 0 Å². The third-order valence-corrected chi connectivity index (χ3v) is 14.5. The maximum Gasteiger partial charge on any atom is 0.148 e. The van der Waals surface area contributed by atoms with Crippen molar-refractivity contribution in [1.82, 2.24) is 0 Å². The summed E-state index contributed by atoms with van der Waals surface area (Å²) in [7, 11) is 0. The molecular formula is C61H43FN2S. The molecule has 0 N–H and O–H groups in total. The molecule has 4 heteroatoms. The van der Waals surface area contributed by atoms with Crippen molar-refractivity contribution in [2.24, 2.45) is 0 Å². The monoisotopic (exact) mass is 854 g/mol. The molecule has 65 heavy (non-hydrogen) atoms. The second-order valence-electron chi connectivity index (χ2n) is 17.4. The van der Waals surface area contributed by atoms with Gasteiger partial charge in [0.1, 0.15) is 5.82 Å². The van der Waals surface area contributed by atoms with Crippen LogP contribution in [0.5, 0.6) is 0 Å². The number of para-hydroxylation sites is 2. The van der Waals surface area contributed by atoms with Crippen LogP contribution in [0, 0.1) is 5.82 Å². The summed E-state index contributed by atoms with van der Waals surface area (Å²) in [5.41, 5.74) is 13.8. The zero-order chi connectivity index (χ0) is 43.6. The molecular weight excluding hydrogens is 812 g/mol. The molecule has 1 heterocycles. The zero-order valence-corrected chi connectivity index (χ0v) is 36.9. The van der Waals surface area contributed by atoms with Crippen molar-refractivity contribution in [2.45, 2.75) is 19.3 Å². The summed E-state index contributed by atoms with van der Waals surface area (Å²) in [4.78, 5) is 4.58.